The number of carbonyl (C=O) groups is 1. The third-order valence-corrected chi connectivity index (χ3v) is 5.74. The molecule has 7 nitrogen and oxygen atoms in total. The Morgan fingerprint density at radius 1 is 1.06 bits per heavy atom. The van der Waals surface area contributed by atoms with Gasteiger partial charge >= 0.3 is 6.01 Å². The highest BCUT2D eigenvalue weighted by Crippen LogP contribution is 2.24. The Bertz CT molecular complexity index is 1240. The first-order valence-corrected chi connectivity index (χ1v) is 11.0. The predicted octanol–water partition coefficient (Wildman–Crippen LogP) is 4.15. The van der Waals surface area contributed by atoms with Gasteiger partial charge in [-0.25, -0.2) is 9.97 Å². The van der Waals surface area contributed by atoms with Gasteiger partial charge in [0.25, 0.3) is 5.91 Å². The summed E-state index contributed by atoms with van der Waals surface area (Å²) in [6, 6.07) is 17.4. The number of fused-ring (bicyclic) bond motifs is 1. The highest BCUT2D eigenvalue weighted by Gasteiger charge is 2.24. The number of benzene rings is 2. The van der Waals surface area contributed by atoms with Crippen LogP contribution in [0.5, 0.6) is 11.8 Å². The average Bonchev–Trinajstić information content (AvgIpc) is 3.10. The SMILES string of the molecule is O=C(c1cccc(Oc2ncccn2)c1)N1CCOCC(Cc2cccc3cnccc23)C1. The fourth-order valence-electron chi connectivity index (χ4n) is 4.19. The standard InChI is InChI=1S/C26H24N4O3/c31-25(21-5-2-7-23(15-21)33-26-28-9-3-10-29-26)30-12-13-32-18-19(17-30)14-20-4-1-6-22-16-27-11-8-24(20)22/h1-11,15-16,19H,12-14,17-18H2. The van der Waals surface area contributed by atoms with Crippen LogP contribution < -0.4 is 4.74 Å². The fourth-order valence-corrected chi connectivity index (χ4v) is 4.19. The summed E-state index contributed by atoms with van der Waals surface area (Å²) in [4.78, 5) is 27.6. The highest BCUT2D eigenvalue weighted by molar-refractivity contribution is 5.94. The van der Waals surface area contributed by atoms with Gasteiger partial charge < -0.3 is 14.4 Å². The van der Waals surface area contributed by atoms with E-state index in [1.807, 2.05) is 23.4 Å². The summed E-state index contributed by atoms with van der Waals surface area (Å²) in [7, 11) is 0. The molecule has 0 saturated carbocycles. The molecule has 0 N–H and O–H groups in total. The molecule has 1 aliphatic rings. The average molecular weight is 441 g/mol. The van der Waals surface area contributed by atoms with Crippen molar-refractivity contribution in [1.82, 2.24) is 19.9 Å². The lowest BCUT2D eigenvalue weighted by Gasteiger charge is -2.24. The first-order chi connectivity index (χ1) is 16.3. The smallest absolute Gasteiger partial charge is 0.321 e. The highest BCUT2D eigenvalue weighted by atomic mass is 16.5. The van der Waals surface area contributed by atoms with Crippen molar-refractivity contribution >= 4 is 16.7 Å². The Morgan fingerprint density at radius 3 is 2.85 bits per heavy atom. The van der Waals surface area contributed by atoms with Crippen molar-refractivity contribution in [2.75, 3.05) is 26.3 Å². The number of rotatable bonds is 5. The van der Waals surface area contributed by atoms with Crippen molar-refractivity contribution in [3.05, 3.63) is 90.5 Å². The van der Waals surface area contributed by atoms with Crippen LogP contribution in [-0.2, 0) is 11.2 Å². The molecule has 0 spiro atoms. The van der Waals surface area contributed by atoms with E-state index in [2.05, 4.69) is 33.2 Å². The van der Waals surface area contributed by atoms with Crippen LogP contribution in [0.4, 0.5) is 0 Å². The summed E-state index contributed by atoms with van der Waals surface area (Å²) in [6.07, 6.45) is 7.76. The first kappa shape index (κ1) is 21.0. The van der Waals surface area contributed by atoms with Gasteiger partial charge in [-0.15, -0.1) is 0 Å². The second-order valence-electron chi connectivity index (χ2n) is 8.07. The van der Waals surface area contributed by atoms with Gasteiger partial charge in [-0.1, -0.05) is 24.3 Å². The molecule has 1 saturated heterocycles. The Hall–Kier alpha value is -3.84. The maximum absolute atomic E-state index is 13.3. The van der Waals surface area contributed by atoms with Crippen LogP contribution in [0.3, 0.4) is 0 Å². The summed E-state index contributed by atoms with van der Waals surface area (Å²) in [6.45, 7) is 2.34. The Balaban J connectivity index is 1.32. The first-order valence-electron chi connectivity index (χ1n) is 11.0. The zero-order valence-electron chi connectivity index (χ0n) is 18.1. The number of hydrogen-bond donors (Lipinski definition) is 0. The van der Waals surface area contributed by atoms with Crippen LogP contribution in [0.25, 0.3) is 10.8 Å². The van der Waals surface area contributed by atoms with Crippen LogP contribution in [0, 0.1) is 5.92 Å². The van der Waals surface area contributed by atoms with Crippen molar-refractivity contribution in [2.24, 2.45) is 5.92 Å². The predicted molar refractivity (Wildman–Crippen MR) is 124 cm³/mol. The Kier molecular flexibility index (Phi) is 6.21. The molecule has 2 aromatic heterocycles. The molecular formula is C26H24N4O3. The lowest BCUT2D eigenvalue weighted by Crippen LogP contribution is -2.36. The number of carbonyl (C=O) groups excluding carboxylic acids is 1. The van der Waals surface area contributed by atoms with Gasteiger partial charge in [-0.05, 0) is 47.7 Å². The van der Waals surface area contributed by atoms with Gasteiger partial charge in [-0.3, -0.25) is 9.78 Å². The number of ether oxygens (including phenoxy) is 2. The Labute approximate surface area is 192 Å². The van der Waals surface area contributed by atoms with Crippen LogP contribution in [0.1, 0.15) is 15.9 Å². The molecule has 2 aromatic carbocycles. The maximum atomic E-state index is 13.3. The largest absolute Gasteiger partial charge is 0.424 e. The molecule has 0 bridgehead atoms. The molecular weight excluding hydrogens is 416 g/mol. The second-order valence-corrected chi connectivity index (χ2v) is 8.07. The van der Waals surface area contributed by atoms with E-state index in [0.717, 1.165) is 11.8 Å². The van der Waals surface area contributed by atoms with E-state index < -0.39 is 0 Å². The van der Waals surface area contributed by atoms with E-state index in [-0.39, 0.29) is 17.8 Å². The third-order valence-electron chi connectivity index (χ3n) is 5.74. The van der Waals surface area contributed by atoms with E-state index in [4.69, 9.17) is 9.47 Å². The van der Waals surface area contributed by atoms with E-state index >= 15 is 0 Å². The van der Waals surface area contributed by atoms with E-state index in [9.17, 15) is 4.79 Å². The van der Waals surface area contributed by atoms with Crippen molar-refractivity contribution in [3.63, 3.8) is 0 Å². The number of aromatic nitrogens is 3. The minimum Gasteiger partial charge on any atom is -0.424 e. The zero-order chi connectivity index (χ0) is 22.5. The lowest BCUT2D eigenvalue weighted by atomic mass is 9.95. The number of amides is 1. The van der Waals surface area contributed by atoms with Gasteiger partial charge in [0.15, 0.2) is 0 Å². The molecule has 3 heterocycles. The molecule has 7 heteroatoms. The number of hydrogen-bond acceptors (Lipinski definition) is 6. The fraction of sp³-hybridized carbons (Fsp3) is 0.231. The van der Waals surface area contributed by atoms with Crippen molar-refractivity contribution < 1.29 is 14.3 Å². The van der Waals surface area contributed by atoms with Gasteiger partial charge in [-0.2, -0.15) is 0 Å². The molecule has 166 valence electrons. The summed E-state index contributed by atoms with van der Waals surface area (Å²) in [5.74, 6) is 0.693. The molecule has 1 atom stereocenters. The monoisotopic (exact) mass is 440 g/mol. The van der Waals surface area contributed by atoms with Crippen molar-refractivity contribution in [3.8, 4) is 11.8 Å². The molecule has 1 aliphatic heterocycles. The molecule has 1 amide bonds. The number of pyridine rings is 1. The van der Waals surface area contributed by atoms with Crippen LogP contribution in [0.15, 0.2) is 79.4 Å². The normalized spacial score (nSPS) is 16.4. The molecule has 1 unspecified atom stereocenters. The lowest BCUT2D eigenvalue weighted by molar-refractivity contribution is 0.0737. The minimum atomic E-state index is -0.0351. The van der Waals surface area contributed by atoms with E-state index in [1.165, 1.54) is 10.9 Å². The molecule has 4 aromatic rings. The van der Waals surface area contributed by atoms with Gasteiger partial charge in [0.1, 0.15) is 5.75 Å². The molecule has 5 rings (SSSR count). The Morgan fingerprint density at radius 2 is 1.94 bits per heavy atom. The van der Waals surface area contributed by atoms with Gasteiger partial charge in [0, 0.05) is 54.7 Å². The van der Waals surface area contributed by atoms with Crippen molar-refractivity contribution in [2.45, 2.75) is 6.42 Å². The zero-order valence-corrected chi connectivity index (χ0v) is 18.1. The third kappa shape index (κ3) is 4.99. The van der Waals surface area contributed by atoms with Crippen LogP contribution >= 0.6 is 0 Å². The summed E-state index contributed by atoms with van der Waals surface area (Å²) >= 11 is 0. The minimum absolute atomic E-state index is 0.0351. The summed E-state index contributed by atoms with van der Waals surface area (Å²) in [5, 5.41) is 2.32. The molecule has 33 heavy (non-hydrogen) atoms. The van der Waals surface area contributed by atoms with Crippen molar-refractivity contribution in [1.29, 1.82) is 0 Å². The summed E-state index contributed by atoms with van der Waals surface area (Å²) in [5.41, 5.74) is 1.82. The topological polar surface area (TPSA) is 77.4 Å². The molecule has 0 aliphatic carbocycles. The van der Waals surface area contributed by atoms with Crippen LogP contribution in [-0.4, -0.2) is 52.1 Å². The molecule has 0 radical (unpaired) electrons. The van der Waals surface area contributed by atoms with Gasteiger partial charge in [0.2, 0.25) is 0 Å². The molecule has 1 fully saturated rings. The van der Waals surface area contributed by atoms with E-state index in [0.29, 0.717) is 37.6 Å². The van der Waals surface area contributed by atoms with Gasteiger partial charge in [0.05, 0.1) is 13.2 Å². The summed E-state index contributed by atoms with van der Waals surface area (Å²) < 4.78 is 11.6. The second kappa shape index (κ2) is 9.75. The van der Waals surface area contributed by atoms with E-state index in [1.54, 1.807) is 42.7 Å². The quantitative estimate of drug-likeness (QED) is 0.464. The number of nitrogens with zero attached hydrogens (tertiary/aromatic N) is 4. The maximum Gasteiger partial charge on any atom is 0.321 e. The van der Waals surface area contributed by atoms with Crippen LogP contribution in [0.2, 0.25) is 0 Å².